The molecule has 4 rings (SSSR count). The maximum absolute atomic E-state index is 14.0. The molecular weight excluding hydrogens is 462 g/mol. The Morgan fingerprint density at radius 1 is 0.941 bits per heavy atom. The average molecular weight is 493 g/mol. The molecule has 2 heterocycles. The quantitative estimate of drug-likeness (QED) is 0.663. The molecule has 0 bridgehead atoms. The van der Waals surface area contributed by atoms with Crippen LogP contribution in [-0.4, -0.2) is 54.8 Å². The highest BCUT2D eigenvalue weighted by atomic mass is 32.2. The monoisotopic (exact) mass is 492 g/mol. The lowest BCUT2D eigenvalue weighted by Gasteiger charge is -2.37. The molecule has 0 radical (unpaired) electrons. The van der Waals surface area contributed by atoms with Gasteiger partial charge in [-0.15, -0.1) is 0 Å². The second-order valence-electron chi connectivity index (χ2n) is 9.23. The zero-order valence-electron chi connectivity index (χ0n) is 19.0. The normalized spacial score (nSPS) is 18.8. The fraction of sp³-hybridized carbons (Fsp3) is 0.480. The zero-order chi connectivity index (χ0) is 24.3. The molecule has 184 valence electrons. The number of sulfonamides is 1. The summed E-state index contributed by atoms with van der Waals surface area (Å²) in [5.74, 6) is -1.17. The Hall–Kier alpha value is -2.52. The number of likely N-dealkylation sites (tertiary alicyclic amines) is 1. The van der Waals surface area contributed by atoms with Gasteiger partial charge in [-0.25, -0.2) is 17.2 Å². The summed E-state index contributed by atoms with van der Waals surface area (Å²) in [5.41, 5.74) is 1.19. The summed E-state index contributed by atoms with van der Waals surface area (Å²) in [6.07, 6.45) is 4.61. The van der Waals surface area contributed by atoms with Gasteiger partial charge in [-0.3, -0.25) is 4.79 Å². The number of piperidine rings is 2. The third kappa shape index (κ3) is 5.58. The minimum atomic E-state index is -4.15. The molecule has 0 aromatic heterocycles. The predicted molar refractivity (Wildman–Crippen MR) is 124 cm³/mol. The van der Waals surface area contributed by atoms with E-state index in [1.54, 1.807) is 12.1 Å². The van der Waals surface area contributed by atoms with Crippen LogP contribution >= 0.6 is 0 Å². The van der Waals surface area contributed by atoms with Crippen LogP contribution in [0.3, 0.4) is 0 Å². The molecule has 0 atom stereocenters. The number of hydrogen-bond donors (Lipinski definition) is 1. The van der Waals surface area contributed by atoms with Crippen molar-refractivity contribution in [3.05, 3.63) is 59.7 Å². The summed E-state index contributed by atoms with van der Waals surface area (Å²) in [5, 5.41) is 9.39. The van der Waals surface area contributed by atoms with Gasteiger partial charge in [0, 0.05) is 32.1 Å². The number of amides is 1. The third-order valence-corrected chi connectivity index (χ3v) is 8.93. The first-order valence-corrected chi connectivity index (χ1v) is 13.2. The molecule has 2 aromatic rings. The van der Waals surface area contributed by atoms with Crippen molar-refractivity contribution in [3.63, 3.8) is 0 Å². The SMILES string of the molecule is O=C(C1CCN(S(=O)(=O)c2cc(F)ccc2F)CC1)N1CCC(CCc2ccc(O)cc2)CC1. The Morgan fingerprint density at radius 3 is 2.24 bits per heavy atom. The summed E-state index contributed by atoms with van der Waals surface area (Å²) >= 11 is 0. The van der Waals surface area contributed by atoms with Gasteiger partial charge in [0.05, 0.1) is 0 Å². The molecule has 2 aliphatic rings. The van der Waals surface area contributed by atoms with E-state index in [0.29, 0.717) is 37.9 Å². The number of halogens is 2. The summed E-state index contributed by atoms with van der Waals surface area (Å²) in [4.78, 5) is 14.2. The van der Waals surface area contributed by atoms with Crippen molar-refractivity contribution in [2.24, 2.45) is 11.8 Å². The van der Waals surface area contributed by atoms with Crippen LogP contribution in [0.1, 0.15) is 37.7 Å². The predicted octanol–water partition coefficient (Wildman–Crippen LogP) is 3.94. The highest BCUT2D eigenvalue weighted by Gasteiger charge is 2.36. The van der Waals surface area contributed by atoms with Crippen molar-refractivity contribution < 1.29 is 27.1 Å². The number of aryl methyl sites for hydroxylation is 1. The van der Waals surface area contributed by atoms with Crippen LogP contribution < -0.4 is 0 Å². The van der Waals surface area contributed by atoms with Gasteiger partial charge >= 0.3 is 0 Å². The second kappa shape index (κ2) is 10.4. The van der Waals surface area contributed by atoms with Gasteiger partial charge in [-0.1, -0.05) is 12.1 Å². The van der Waals surface area contributed by atoms with E-state index >= 15 is 0 Å². The maximum atomic E-state index is 14.0. The number of carbonyl (C=O) groups excluding carboxylic acids is 1. The van der Waals surface area contributed by atoms with E-state index < -0.39 is 26.6 Å². The Morgan fingerprint density at radius 2 is 1.59 bits per heavy atom. The fourth-order valence-corrected chi connectivity index (χ4v) is 6.44. The standard InChI is InChI=1S/C25H30F2N2O4S/c26-21-5-8-23(27)24(17-21)34(32,33)29-15-11-20(12-16-29)25(31)28-13-9-19(10-14-28)2-1-18-3-6-22(30)7-4-18/h3-8,17,19-20,30H,1-2,9-16H2. The first-order chi connectivity index (χ1) is 16.2. The molecule has 6 nitrogen and oxygen atoms in total. The molecule has 34 heavy (non-hydrogen) atoms. The molecule has 0 unspecified atom stereocenters. The summed E-state index contributed by atoms with van der Waals surface area (Å²) in [6.45, 7) is 1.62. The van der Waals surface area contributed by atoms with Crippen LogP contribution in [0.15, 0.2) is 47.4 Å². The summed E-state index contributed by atoms with van der Waals surface area (Å²) in [6, 6.07) is 9.66. The average Bonchev–Trinajstić information content (AvgIpc) is 2.85. The van der Waals surface area contributed by atoms with Crippen molar-refractivity contribution in [1.29, 1.82) is 0 Å². The minimum absolute atomic E-state index is 0.0611. The number of aromatic hydroxyl groups is 1. The number of rotatable bonds is 6. The molecule has 0 spiro atoms. The molecule has 2 saturated heterocycles. The van der Waals surface area contributed by atoms with E-state index in [1.165, 1.54) is 5.56 Å². The number of phenols is 1. The molecule has 1 amide bonds. The largest absolute Gasteiger partial charge is 0.508 e. The van der Waals surface area contributed by atoms with Crippen LogP contribution in [0.25, 0.3) is 0 Å². The van der Waals surface area contributed by atoms with E-state index in [-0.39, 0.29) is 30.7 Å². The smallest absolute Gasteiger partial charge is 0.246 e. The number of hydrogen-bond acceptors (Lipinski definition) is 4. The molecule has 2 fully saturated rings. The van der Waals surface area contributed by atoms with E-state index in [1.807, 2.05) is 17.0 Å². The summed E-state index contributed by atoms with van der Waals surface area (Å²) < 4.78 is 54.2. The van der Waals surface area contributed by atoms with Crippen LogP contribution in [0.2, 0.25) is 0 Å². The van der Waals surface area contributed by atoms with Gasteiger partial charge in [0.25, 0.3) is 0 Å². The molecule has 1 N–H and O–H groups in total. The van der Waals surface area contributed by atoms with Gasteiger partial charge in [-0.2, -0.15) is 4.31 Å². The van der Waals surface area contributed by atoms with Crippen LogP contribution in [0, 0.1) is 23.5 Å². The van der Waals surface area contributed by atoms with Crippen LogP contribution in [-0.2, 0) is 21.2 Å². The Labute approximate surface area is 199 Å². The van der Waals surface area contributed by atoms with Crippen LogP contribution in [0.5, 0.6) is 5.75 Å². The van der Waals surface area contributed by atoms with Crippen molar-refractivity contribution >= 4 is 15.9 Å². The van der Waals surface area contributed by atoms with Gasteiger partial charge < -0.3 is 10.0 Å². The minimum Gasteiger partial charge on any atom is -0.508 e. The lowest BCUT2D eigenvalue weighted by molar-refractivity contribution is -0.138. The molecule has 2 aliphatic heterocycles. The molecule has 9 heteroatoms. The topological polar surface area (TPSA) is 77.9 Å². The molecule has 0 aliphatic carbocycles. The summed E-state index contributed by atoms with van der Waals surface area (Å²) in [7, 11) is -4.15. The lowest BCUT2D eigenvalue weighted by atomic mass is 9.89. The maximum Gasteiger partial charge on any atom is 0.246 e. The van der Waals surface area contributed by atoms with Gasteiger partial charge in [0.2, 0.25) is 15.9 Å². The van der Waals surface area contributed by atoms with Gasteiger partial charge in [-0.05, 0) is 80.3 Å². The van der Waals surface area contributed by atoms with E-state index in [2.05, 4.69) is 0 Å². The number of nitrogens with zero attached hydrogens (tertiary/aromatic N) is 2. The second-order valence-corrected chi connectivity index (χ2v) is 11.1. The van der Waals surface area contributed by atoms with Crippen molar-refractivity contribution in [3.8, 4) is 5.75 Å². The first-order valence-electron chi connectivity index (χ1n) is 11.8. The highest BCUT2D eigenvalue weighted by Crippen LogP contribution is 2.29. The van der Waals surface area contributed by atoms with Gasteiger partial charge in [0.15, 0.2) is 0 Å². The fourth-order valence-electron chi connectivity index (χ4n) is 4.89. The Kier molecular flexibility index (Phi) is 7.52. The van der Waals surface area contributed by atoms with E-state index in [9.17, 15) is 27.1 Å². The van der Waals surface area contributed by atoms with Crippen molar-refractivity contribution in [2.75, 3.05) is 26.2 Å². The number of phenolic OH excluding ortho intramolecular Hbond substituents is 1. The van der Waals surface area contributed by atoms with Crippen molar-refractivity contribution in [1.82, 2.24) is 9.21 Å². The van der Waals surface area contributed by atoms with Crippen LogP contribution in [0.4, 0.5) is 8.78 Å². The number of benzene rings is 2. The number of carbonyl (C=O) groups is 1. The van der Waals surface area contributed by atoms with Gasteiger partial charge in [0.1, 0.15) is 22.3 Å². The zero-order valence-corrected chi connectivity index (χ0v) is 19.8. The molecular formula is C25H30F2N2O4S. The molecule has 0 saturated carbocycles. The van der Waals surface area contributed by atoms with Crippen molar-refractivity contribution in [2.45, 2.75) is 43.4 Å². The Bertz CT molecular complexity index is 1110. The third-order valence-electron chi connectivity index (χ3n) is 7.02. The Balaban J connectivity index is 1.25. The van der Waals surface area contributed by atoms with E-state index in [4.69, 9.17) is 0 Å². The van der Waals surface area contributed by atoms with E-state index in [0.717, 1.165) is 42.1 Å². The highest BCUT2D eigenvalue weighted by molar-refractivity contribution is 7.89. The first kappa shape index (κ1) is 24.6. The lowest BCUT2D eigenvalue weighted by Crippen LogP contribution is -2.46. The molecule has 2 aromatic carbocycles.